The lowest BCUT2D eigenvalue weighted by atomic mass is 10.1. The first-order valence-corrected chi connectivity index (χ1v) is 12.0. The summed E-state index contributed by atoms with van der Waals surface area (Å²) >= 11 is 0. The molecular weight excluding hydrogens is 430 g/mol. The van der Waals surface area contributed by atoms with Gasteiger partial charge in [-0.15, -0.1) is 0 Å². The third-order valence-corrected chi connectivity index (χ3v) is 6.32. The second kappa shape index (κ2) is 11.5. The van der Waals surface area contributed by atoms with Crippen LogP contribution in [0.3, 0.4) is 0 Å². The first-order chi connectivity index (χ1) is 15.4. The Morgan fingerprint density at radius 3 is 2.56 bits per heavy atom. The summed E-state index contributed by atoms with van der Waals surface area (Å²) in [7, 11) is -3.85. The van der Waals surface area contributed by atoms with E-state index in [4.69, 9.17) is 10.5 Å². The normalized spacial score (nSPS) is 14.7. The molecule has 1 atom stereocenters. The first-order valence-electron chi connectivity index (χ1n) is 10.5. The van der Waals surface area contributed by atoms with Crippen molar-refractivity contribution in [3.05, 3.63) is 60.2 Å². The number of hydrogen-bond acceptors (Lipinski definition) is 7. The van der Waals surface area contributed by atoms with Gasteiger partial charge >= 0.3 is 0 Å². The molecule has 0 aromatic heterocycles. The van der Waals surface area contributed by atoms with E-state index in [9.17, 15) is 13.2 Å². The maximum absolute atomic E-state index is 12.5. The lowest BCUT2D eigenvalue weighted by Crippen LogP contribution is -2.45. The molecule has 10 heteroatoms. The van der Waals surface area contributed by atoms with E-state index in [2.05, 4.69) is 20.3 Å². The number of carbonyl (C=O) groups excluding carboxylic acids is 1. The molecule has 0 fully saturated rings. The van der Waals surface area contributed by atoms with Gasteiger partial charge in [-0.05, 0) is 49.1 Å². The van der Waals surface area contributed by atoms with Gasteiger partial charge in [0.15, 0.2) is 5.96 Å². The number of amides is 1. The molecule has 3 rings (SSSR count). The number of aliphatic imine (C=N–C) groups is 1. The van der Waals surface area contributed by atoms with Gasteiger partial charge in [0, 0.05) is 19.6 Å². The van der Waals surface area contributed by atoms with Crippen LogP contribution in [-0.2, 0) is 21.2 Å². The Balaban J connectivity index is 1.47. The van der Waals surface area contributed by atoms with Crippen molar-refractivity contribution in [1.29, 1.82) is 0 Å². The van der Waals surface area contributed by atoms with E-state index in [1.54, 1.807) is 42.5 Å². The van der Waals surface area contributed by atoms with Crippen molar-refractivity contribution in [2.24, 2.45) is 10.7 Å². The molecular formula is C22H29N5O4S. The van der Waals surface area contributed by atoms with Crippen LogP contribution in [0, 0.1) is 0 Å². The van der Waals surface area contributed by atoms with Crippen molar-refractivity contribution in [2.75, 3.05) is 26.2 Å². The molecule has 1 aliphatic rings. The number of guanidine groups is 1. The molecule has 9 nitrogen and oxygen atoms in total. The predicted octanol–water partition coefficient (Wildman–Crippen LogP) is 0.769. The lowest BCUT2D eigenvalue weighted by molar-refractivity contribution is -0.119. The van der Waals surface area contributed by atoms with Gasteiger partial charge in [-0.2, -0.15) is 4.72 Å². The number of nitrogens with one attached hydrogen (secondary N) is 3. The quantitative estimate of drug-likeness (QED) is 0.367. The summed E-state index contributed by atoms with van der Waals surface area (Å²) in [5.41, 5.74) is 6.20. The summed E-state index contributed by atoms with van der Waals surface area (Å²) in [6, 6.07) is 14.0. The number of nitrogens with two attached hydrogens (primary N) is 1. The van der Waals surface area contributed by atoms with Crippen LogP contribution in [0.1, 0.15) is 18.4 Å². The number of nitrogens with zero attached hydrogens (tertiary/aromatic N) is 1. The fourth-order valence-electron chi connectivity index (χ4n) is 3.13. The Labute approximate surface area is 188 Å². The summed E-state index contributed by atoms with van der Waals surface area (Å²) in [6.45, 7) is 3.09. The molecule has 2 aromatic carbocycles. The highest BCUT2D eigenvalue weighted by atomic mass is 32.2. The molecule has 2 aromatic rings. The average Bonchev–Trinajstić information content (AvgIpc) is 2.80. The molecule has 1 aliphatic heterocycles. The van der Waals surface area contributed by atoms with Gasteiger partial charge in [-0.25, -0.2) is 8.42 Å². The zero-order chi connectivity index (χ0) is 22.8. The monoisotopic (exact) mass is 459 g/mol. The molecule has 172 valence electrons. The Hall–Kier alpha value is -3.11. The Morgan fingerprint density at radius 2 is 1.91 bits per heavy atom. The number of sulfonamides is 1. The zero-order valence-corrected chi connectivity index (χ0v) is 18.6. The molecule has 0 aliphatic carbocycles. The number of rotatable bonds is 11. The molecule has 5 N–H and O–H groups in total. The molecule has 0 bridgehead atoms. The van der Waals surface area contributed by atoms with Crippen molar-refractivity contribution in [1.82, 2.24) is 15.4 Å². The fourth-order valence-corrected chi connectivity index (χ4v) is 4.36. The van der Waals surface area contributed by atoms with Crippen LogP contribution in [-0.4, -0.2) is 52.6 Å². The van der Waals surface area contributed by atoms with Crippen LogP contribution in [0.25, 0.3) is 0 Å². The Bertz CT molecular complexity index is 1010. The molecule has 0 spiro atoms. The number of benzene rings is 2. The van der Waals surface area contributed by atoms with Crippen molar-refractivity contribution >= 4 is 21.9 Å². The van der Waals surface area contributed by atoms with Crippen molar-refractivity contribution in [3.8, 4) is 5.75 Å². The van der Waals surface area contributed by atoms with E-state index in [1.807, 2.05) is 0 Å². The minimum absolute atomic E-state index is 0.0795. The number of hydrogen-bond donors (Lipinski definition) is 4. The highest BCUT2D eigenvalue weighted by Crippen LogP contribution is 2.15. The van der Waals surface area contributed by atoms with Crippen LogP contribution in [0.15, 0.2) is 64.5 Å². The van der Waals surface area contributed by atoms with E-state index >= 15 is 0 Å². The minimum atomic E-state index is -3.85. The number of ether oxygens (including phenoxy) is 1. The Morgan fingerprint density at radius 1 is 1.16 bits per heavy atom. The maximum Gasteiger partial charge on any atom is 0.241 e. The maximum atomic E-state index is 12.5. The van der Waals surface area contributed by atoms with Crippen molar-refractivity contribution in [3.63, 3.8) is 0 Å². The fraction of sp³-hybridized carbons (Fsp3) is 0.364. The number of primary amides is 1. The second-order valence-electron chi connectivity index (χ2n) is 7.38. The van der Waals surface area contributed by atoms with Crippen LogP contribution in [0.2, 0.25) is 0 Å². The van der Waals surface area contributed by atoms with Gasteiger partial charge in [0.25, 0.3) is 0 Å². The second-order valence-corrected chi connectivity index (χ2v) is 9.09. The Kier molecular flexibility index (Phi) is 8.46. The van der Waals surface area contributed by atoms with Crippen LogP contribution >= 0.6 is 0 Å². The molecule has 1 heterocycles. The smallest absolute Gasteiger partial charge is 0.241 e. The SMILES string of the molecule is NC(=O)[C@H](Cc1ccc(OCCCNC2=NCCCN2)cc1)NS(=O)(=O)c1ccccc1. The summed E-state index contributed by atoms with van der Waals surface area (Å²) in [5.74, 6) is 0.796. The van der Waals surface area contributed by atoms with Gasteiger partial charge in [0.1, 0.15) is 11.8 Å². The van der Waals surface area contributed by atoms with E-state index in [0.29, 0.717) is 12.4 Å². The summed E-state index contributed by atoms with van der Waals surface area (Å²) in [6.07, 6.45) is 2.01. The van der Waals surface area contributed by atoms with Gasteiger partial charge < -0.3 is 21.1 Å². The van der Waals surface area contributed by atoms with Crippen LogP contribution in [0.5, 0.6) is 5.75 Å². The van der Waals surface area contributed by atoms with Gasteiger partial charge in [0.05, 0.1) is 11.5 Å². The predicted molar refractivity (Wildman–Crippen MR) is 123 cm³/mol. The third kappa shape index (κ3) is 7.24. The summed E-state index contributed by atoms with van der Waals surface area (Å²) in [5, 5.41) is 6.44. The molecule has 0 radical (unpaired) electrons. The van der Waals surface area contributed by atoms with Crippen LogP contribution in [0.4, 0.5) is 0 Å². The van der Waals surface area contributed by atoms with E-state index in [-0.39, 0.29) is 11.3 Å². The average molecular weight is 460 g/mol. The van der Waals surface area contributed by atoms with Gasteiger partial charge in [-0.1, -0.05) is 30.3 Å². The zero-order valence-electron chi connectivity index (χ0n) is 17.8. The van der Waals surface area contributed by atoms with Crippen molar-refractivity contribution < 1.29 is 17.9 Å². The molecule has 0 saturated carbocycles. The van der Waals surface area contributed by atoms with Crippen molar-refractivity contribution in [2.45, 2.75) is 30.2 Å². The minimum Gasteiger partial charge on any atom is -0.494 e. The molecule has 1 amide bonds. The highest BCUT2D eigenvalue weighted by molar-refractivity contribution is 7.89. The first kappa shape index (κ1) is 23.6. The standard InChI is InChI=1S/C22H29N5O4S/c23-21(28)20(27-32(29,30)19-6-2-1-3-7-19)16-17-8-10-18(11-9-17)31-15-5-14-26-22-24-12-4-13-25-22/h1-3,6-11,20,27H,4-5,12-16H2,(H2,23,28)(H2,24,25,26)/t20-/m0/s1. The summed E-state index contributed by atoms with van der Waals surface area (Å²) in [4.78, 5) is 16.3. The van der Waals surface area contributed by atoms with E-state index < -0.39 is 22.0 Å². The lowest BCUT2D eigenvalue weighted by Gasteiger charge is -2.16. The van der Waals surface area contributed by atoms with E-state index in [1.165, 1.54) is 12.1 Å². The van der Waals surface area contributed by atoms with Gasteiger partial charge in [-0.3, -0.25) is 9.79 Å². The molecule has 0 unspecified atom stereocenters. The van der Waals surface area contributed by atoms with Gasteiger partial charge in [0.2, 0.25) is 15.9 Å². The third-order valence-electron chi connectivity index (χ3n) is 4.84. The van der Waals surface area contributed by atoms with E-state index in [0.717, 1.165) is 44.0 Å². The molecule has 32 heavy (non-hydrogen) atoms. The molecule has 0 saturated heterocycles. The largest absolute Gasteiger partial charge is 0.494 e. The number of carbonyl (C=O) groups is 1. The van der Waals surface area contributed by atoms with Crippen LogP contribution < -0.4 is 25.8 Å². The summed E-state index contributed by atoms with van der Waals surface area (Å²) < 4.78 is 33.1. The highest BCUT2D eigenvalue weighted by Gasteiger charge is 2.24. The topological polar surface area (TPSA) is 135 Å².